The lowest BCUT2D eigenvalue weighted by Gasteiger charge is -2.34. The van der Waals surface area contributed by atoms with Crippen LogP contribution in [0.5, 0.6) is 5.75 Å². The minimum absolute atomic E-state index is 0.0567. The molecule has 1 unspecified atom stereocenters. The van der Waals surface area contributed by atoms with Crippen LogP contribution < -0.4 is 10.1 Å². The summed E-state index contributed by atoms with van der Waals surface area (Å²) in [5.74, 6) is 0.759. The highest BCUT2D eigenvalue weighted by Crippen LogP contribution is 2.31. The molecule has 1 saturated carbocycles. The van der Waals surface area contributed by atoms with Gasteiger partial charge in [-0.1, -0.05) is 11.6 Å². The smallest absolute Gasteiger partial charge is 0.312 e. The first-order valence-corrected chi connectivity index (χ1v) is 9.44. The van der Waals surface area contributed by atoms with Gasteiger partial charge in [0.05, 0.1) is 4.92 Å². The average molecular weight is 382 g/mol. The van der Waals surface area contributed by atoms with Crippen molar-refractivity contribution in [1.82, 2.24) is 10.2 Å². The predicted octanol–water partition coefficient (Wildman–Crippen LogP) is 3.01. The fourth-order valence-electron chi connectivity index (χ4n) is 3.19. The maximum Gasteiger partial charge on any atom is 0.312 e. The van der Waals surface area contributed by atoms with Crippen LogP contribution in [-0.2, 0) is 4.79 Å². The van der Waals surface area contributed by atoms with E-state index >= 15 is 0 Å². The Morgan fingerprint density at radius 1 is 1.38 bits per heavy atom. The highest BCUT2D eigenvalue weighted by atomic mass is 35.5. The molecule has 0 radical (unpaired) electrons. The Hall–Kier alpha value is -1.86. The fraction of sp³-hybridized carbons (Fsp3) is 0.611. The monoisotopic (exact) mass is 381 g/mol. The number of carbonyl (C=O) groups is 1. The Kier molecular flexibility index (Phi) is 5.98. The molecule has 1 aliphatic carbocycles. The molecule has 7 nitrogen and oxygen atoms in total. The molecule has 1 atom stereocenters. The summed E-state index contributed by atoms with van der Waals surface area (Å²) >= 11 is 5.80. The summed E-state index contributed by atoms with van der Waals surface area (Å²) in [7, 11) is 0. The van der Waals surface area contributed by atoms with E-state index in [2.05, 4.69) is 5.32 Å². The molecule has 1 aromatic carbocycles. The maximum atomic E-state index is 12.6. The number of hydrogen-bond donors (Lipinski definition) is 1. The number of ether oxygens (including phenoxy) is 1. The van der Waals surface area contributed by atoms with Crippen LogP contribution in [0.3, 0.4) is 0 Å². The van der Waals surface area contributed by atoms with Crippen molar-refractivity contribution in [3.05, 3.63) is 33.3 Å². The Bertz CT molecular complexity index is 672. The first kappa shape index (κ1) is 18.9. The number of piperidine rings is 1. The number of nitrogens with one attached hydrogen (secondary N) is 1. The summed E-state index contributed by atoms with van der Waals surface area (Å²) in [6.07, 6.45) is 3.72. The van der Waals surface area contributed by atoms with Gasteiger partial charge in [0.25, 0.3) is 5.91 Å². The van der Waals surface area contributed by atoms with Crippen molar-refractivity contribution in [2.75, 3.05) is 19.6 Å². The number of hydrogen-bond acceptors (Lipinski definition) is 5. The van der Waals surface area contributed by atoms with Gasteiger partial charge in [-0.05, 0) is 57.2 Å². The lowest BCUT2D eigenvalue weighted by Crippen LogP contribution is -2.48. The molecule has 2 fully saturated rings. The quantitative estimate of drug-likeness (QED) is 0.579. The SMILES string of the molecule is CC(Oc1ccc(Cl)cc1[N+](=O)[O-])C(=O)N1CCC(NCC2CC2)CC1. The zero-order chi connectivity index (χ0) is 18.7. The second-order valence-electron chi connectivity index (χ2n) is 7.08. The van der Waals surface area contributed by atoms with Gasteiger partial charge in [0.1, 0.15) is 0 Å². The zero-order valence-electron chi connectivity index (χ0n) is 14.8. The minimum Gasteiger partial charge on any atom is -0.474 e. The fourth-order valence-corrected chi connectivity index (χ4v) is 3.36. The summed E-state index contributed by atoms with van der Waals surface area (Å²) < 4.78 is 5.58. The van der Waals surface area contributed by atoms with E-state index in [-0.39, 0.29) is 22.4 Å². The predicted molar refractivity (Wildman–Crippen MR) is 98.5 cm³/mol. The zero-order valence-corrected chi connectivity index (χ0v) is 15.6. The number of halogens is 1. The maximum absolute atomic E-state index is 12.6. The molecule has 8 heteroatoms. The largest absolute Gasteiger partial charge is 0.474 e. The van der Waals surface area contributed by atoms with Crippen LogP contribution in [-0.4, -0.2) is 47.5 Å². The van der Waals surface area contributed by atoms with Crippen LogP contribution in [0.25, 0.3) is 0 Å². The van der Waals surface area contributed by atoms with Crippen LogP contribution in [0, 0.1) is 16.0 Å². The van der Waals surface area contributed by atoms with Gasteiger partial charge >= 0.3 is 5.69 Å². The molecular weight excluding hydrogens is 358 g/mol. The highest BCUT2D eigenvalue weighted by molar-refractivity contribution is 6.30. The van der Waals surface area contributed by atoms with Crippen molar-refractivity contribution in [2.45, 2.75) is 44.8 Å². The van der Waals surface area contributed by atoms with Crippen molar-refractivity contribution in [3.63, 3.8) is 0 Å². The Balaban J connectivity index is 1.52. The molecule has 142 valence electrons. The Morgan fingerprint density at radius 2 is 2.08 bits per heavy atom. The van der Waals surface area contributed by atoms with Crippen LogP contribution in [0.15, 0.2) is 18.2 Å². The van der Waals surface area contributed by atoms with E-state index in [9.17, 15) is 14.9 Å². The van der Waals surface area contributed by atoms with Crippen molar-refractivity contribution < 1.29 is 14.5 Å². The molecule has 1 aliphatic heterocycles. The lowest BCUT2D eigenvalue weighted by atomic mass is 10.0. The average Bonchev–Trinajstić information content (AvgIpc) is 3.45. The second kappa shape index (κ2) is 8.22. The van der Waals surface area contributed by atoms with E-state index in [0.29, 0.717) is 19.1 Å². The number of benzene rings is 1. The molecule has 3 rings (SSSR count). The molecule has 2 aliphatic rings. The van der Waals surface area contributed by atoms with Crippen molar-refractivity contribution in [1.29, 1.82) is 0 Å². The van der Waals surface area contributed by atoms with Crippen molar-refractivity contribution in [3.8, 4) is 5.75 Å². The topological polar surface area (TPSA) is 84.7 Å². The van der Waals surface area contributed by atoms with Crippen LogP contribution in [0.2, 0.25) is 5.02 Å². The number of likely N-dealkylation sites (tertiary alicyclic amines) is 1. The van der Waals surface area contributed by atoms with E-state index in [1.165, 1.54) is 31.0 Å². The van der Waals surface area contributed by atoms with Gasteiger partial charge in [0, 0.05) is 30.2 Å². The molecule has 1 aromatic rings. The third-order valence-electron chi connectivity index (χ3n) is 4.97. The summed E-state index contributed by atoms with van der Waals surface area (Å²) in [6, 6.07) is 4.63. The van der Waals surface area contributed by atoms with Crippen LogP contribution in [0.1, 0.15) is 32.6 Å². The molecule has 0 aromatic heterocycles. The third-order valence-corrected chi connectivity index (χ3v) is 5.20. The van der Waals surface area contributed by atoms with Crippen LogP contribution >= 0.6 is 11.6 Å². The standard InChI is InChI=1S/C18H24ClN3O4/c1-12(26-17-5-4-14(19)10-16(17)22(24)25)18(23)21-8-6-15(7-9-21)20-11-13-2-3-13/h4-5,10,12-13,15,20H,2-3,6-9,11H2,1H3. The van der Waals surface area contributed by atoms with Crippen molar-refractivity contribution in [2.24, 2.45) is 5.92 Å². The second-order valence-corrected chi connectivity index (χ2v) is 7.52. The molecule has 1 heterocycles. The molecule has 26 heavy (non-hydrogen) atoms. The number of nitro benzene ring substituents is 1. The number of nitro groups is 1. The summed E-state index contributed by atoms with van der Waals surface area (Å²) in [5.41, 5.74) is -0.236. The van der Waals surface area contributed by atoms with Gasteiger partial charge < -0.3 is 15.0 Å². The van der Waals surface area contributed by atoms with E-state index < -0.39 is 11.0 Å². The molecular formula is C18H24ClN3O4. The summed E-state index contributed by atoms with van der Waals surface area (Å²) in [5, 5.41) is 15.0. The van der Waals surface area contributed by atoms with Crippen molar-refractivity contribution >= 4 is 23.2 Å². The van der Waals surface area contributed by atoms with Crippen LogP contribution in [0.4, 0.5) is 5.69 Å². The Labute approximate surface area is 157 Å². The minimum atomic E-state index is -0.786. The van der Waals surface area contributed by atoms with E-state index in [4.69, 9.17) is 16.3 Å². The van der Waals surface area contributed by atoms with Gasteiger partial charge in [-0.2, -0.15) is 0 Å². The van der Waals surface area contributed by atoms with E-state index in [0.717, 1.165) is 25.3 Å². The molecule has 1 N–H and O–H groups in total. The number of carbonyl (C=O) groups excluding carboxylic acids is 1. The molecule has 1 amide bonds. The van der Waals surface area contributed by atoms with Gasteiger partial charge in [-0.25, -0.2) is 0 Å². The van der Waals surface area contributed by atoms with Gasteiger partial charge in [0.2, 0.25) is 0 Å². The third kappa shape index (κ3) is 4.86. The number of rotatable bonds is 7. The number of nitrogens with zero attached hydrogens (tertiary/aromatic N) is 2. The van der Waals surface area contributed by atoms with Gasteiger partial charge in [-0.3, -0.25) is 14.9 Å². The van der Waals surface area contributed by atoms with Gasteiger partial charge in [0.15, 0.2) is 11.9 Å². The molecule has 0 bridgehead atoms. The normalized spacial score (nSPS) is 19.2. The summed E-state index contributed by atoms with van der Waals surface area (Å²) in [6.45, 7) is 4.06. The number of amides is 1. The van der Waals surface area contributed by atoms with Gasteiger partial charge in [-0.15, -0.1) is 0 Å². The highest BCUT2D eigenvalue weighted by Gasteiger charge is 2.29. The molecule has 0 spiro atoms. The summed E-state index contributed by atoms with van der Waals surface area (Å²) in [4.78, 5) is 25.0. The Morgan fingerprint density at radius 3 is 2.69 bits per heavy atom. The lowest BCUT2D eigenvalue weighted by molar-refractivity contribution is -0.386. The van der Waals surface area contributed by atoms with E-state index in [1.807, 2.05) is 0 Å². The van der Waals surface area contributed by atoms with E-state index in [1.54, 1.807) is 11.8 Å². The first-order valence-electron chi connectivity index (χ1n) is 9.07. The molecule has 1 saturated heterocycles. The first-order chi connectivity index (χ1) is 12.4.